The van der Waals surface area contributed by atoms with Gasteiger partial charge in [0.2, 0.25) is 0 Å². The van der Waals surface area contributed by atoms with Crippen LogP contribution in [0.5, 0.6) is 0 Å². The minimum absolute atomic E-state index is 0.335. The van der Waals surface area contributed by atoms with Crippen molar-refractivity contribution in [2.75, 3.05) is 32.1 Å². The average Bonchev–Trinajstić information content (AvgIpc) is 3.07. The van der Waals surface area contributed by atoms with Crippen LogP contribution >= 0.6 is 23.4 Å². The van der Waals surface area contributed by atoms with Gasteiger partial charge >= 0.3 is 0 Å². The average molecular weight is 352 g/mol. The summed E-state index contributed by atoms with van der Waals surface area (Å²) in [6.45, 7) is 1.89. The van der Waals surface area contributed by atoms with Crippen LogP contribution in [0.4, 0.5) is 10.5 Å². The minimum Gasteiger partial charge on any atom is -0.369 e. The number of carbonyl (C=O) groups is 2. The molecule has 0 spiro atoms. The van der Waals surface area contributed by atoms with Crippen molar-refractivity contribution in [1.29, 1.82) is 0 Å². The van der Waals surface area contributed by atoms with Crippen LogP contribution in [0.3, 0.4) is 0 Å². The normalized spacial score (nSPS) is 23.2. The molecule has 0 aliphatic carbocycles. The highest BCUT2D eigenvalue weighted by Crippen LogP contribution is 2.33. The molecule has 1 atom stereocenters. The molecule has 0 aromatic heterocycles. The number of nitrogens with zero attached hydrogens (tertiary/aromatic N) is 2. The van der Waals surface area contributed by atoms with Gasteiger partial charge in [-0.1, -0.05) is 11.6 Å². The molecule has 1 aromatic carbocycles. The molecule has 122 valence electrons. The first-order valence-corrected chi connectivity index (χ1v) is 8.59. The SMILES string of the molecule is CN(C)[C@H]1CCN(c2ccc(Cl)cc2C=C2SC(=O)NC2=O)C1. The maximum atomic E-state index is 11.8. The molecule has 2 fully saturated rings. The summed E-state index contributed by atoms with van der Waals surface area (Å²) < 4.78 is 0. The van der Waals surface area contributed by atoms with E-state index in [0.29, 0.717) is 16.0 Å². The number of anilines is 1. The maximum absolute atomic E-state index is 11.8. The Kier molecular flexibility index (Phi) is 4.66. The predicted molar refractivity (Wildman–Crippen MR) is 94.9 cm³/mol. The van der Waals surface area contributed by atoms with Gasteiger partial charge in [-0.05, 0) is 56.6 Å². The summed E-state index contributed by atoms with van der Waals surface area (Å²) in [5.41, 5.74) is 1.91. The second kappa shape index (κ2) is 6.55. The van der Waals surface area contributed by atoms with Crippen LogP contribution in [-0.4, -0.2) is 49.3 Å². The third-order valence-electron chi connectivity index (χ3n) is 4.15. The van der Waals surface area contributed by atoms with Gasteiger partial charge in [-0.25, -0.2) is 0 Å². The summed E-state index contributed by atoms with van der Waals surface area (Å²) in [7, 11) is 4.17. The molecule has 3 rings (SSSR count). The van der Waals surface area contributed by atoms with E-state index in [0.717, 1.165) is 42.5 Å². The molecule has 1 N–H and O–H groups in total. The number of likely N-dealkylation sites (N-methyl/N-ethyl adjacent to an activating group) is 1. The first-order valence-electron chi connectivity index (χ1n) is 7.40. The van der Waals surface area contributed by atoms with Crippen molar-refractivity contribution in [3.63, 3.8) is 0 Å². The third kappa shape index (κ3) is 3.54. The van der Waals surface area contributed by atoms with E-state index in [2.05, 4.69) is 29.2 Å². The zero-order chi connectivity index (χ0) is 16.6. The van der Waals surface area contributed by atoms with E-state index in [1.54, 1.807) is 6.08 Å². The van der Waals surface area contributed by atoms with Crippen LogP contribution in [0.25, 0.3) is 6.08 Å². The molecule has 2 heterocycles. The number of halogens is 1. The van der Waals surface area contributed by atoms with Gasteiger partial charge in [0.05, 0.1) is 4.91 Å². The Bertz CT molecular complexity index is 690. The number of amides is 2. The van der Waals surface area contributed by atoms with Gasteiger partial charge in [0.15, 0.2) is 0 Å². The minimum atomic E-state index is -0.349. The van der Waals surface area contributed by atoms with Crippen molar-refractivity contribution in [3.8, 4) is 0 Å². The van der Waals surface area contributed by atoms with Crippen LogP contribution in [0.15, 0.2) is 23.1 Å². The topological polar surface area (TPSA) is 52.6 Å². The van der Waals surface area contributed by atoms with Gasteiger partial charge in [-0.15, -0.1) is 0 Å². The van der Waals surface area contributed by atoms with E-state index in [1.807, 2.05) is 18.2 Å². The molecule has 2 amide bonds. The summed E-state index contributed by atoms with van der Waals surface area (Å²) in [4.78, 5) is 28.0. The van der Waals surface area contributed by atoms with E-state index < -0.39 is 0 Å². The molecular formula is C16H18ClN3O2S. The molecule has 2 aliphatic heterocycles. The van der Waals surface area contributed by atoms with Gasteiger partial charge in [0.25, 0.3) is 11.1 Å². The zero-order valence-corrected chi connectivity index (χ0v) is 14.6. The Hall–Kier alpha value is -1.50. The summed E-state index contributed by atoms with van der Waals surface area (Å²) in [6, 6.07) is 6.18. The number of hydrogen-bond donors (Lipinski definition) is 1. The van der Waals surface area contributed by atoms with Crippen molar-refractivity contribution in [2.45, 2.75) is 12.5 Å². The number of thioether (sulfide) groups is 1. The Balaban J connectivity index is 1.92. The molecule has 7 heteroatoms. The van der Waals surface area contributed by atoms with Crippen molar-refractivity contribution in [2.24, 2.45) is 0 Å². The van der Waals surface area contributed by atoms with Crippen molar-refractivity contribution in [3.05, 3.63) is 33.7 Å². The van der Waals surface area contributed by atoms with Crippen LogP contribution in [0.1, 0.15) is 12.0 Å². The molecule has 0 bridgehead atoms. The van der Waals surface area contributed by atoms with Gasteiger partial charge in [-0.2, -0.15) is 0 Å². The van der Waals surface area contributed by atoms with E-state index in [9.17, 15) is 9.59 Å². The fourth-order valence-electron chi connectivity index (χ4n) is 2.87. The maximum Gasteiger partial charge on any atom is 0.290 e. The predicted octanol–water partition coefficient (Wildman–Crippen LogP) is 2.80. The second-order valence-corrected chi connectivity index (χ2v) is 7.36. The molecule has 0 radical (unpaired) electrons. The molecule has 0 saturated carbocycles. The fourth-order valence-corrected chi connectivity index (χ4v) is 3.73. The standard InChI is InChI=1S/C16H18ClN3O2S/c1-19(2)12-5-6-20(9-12)13-4-3-11(17)7-10(13)8-14-15(21)18-16(22)23-14/h3-4,7-8,12H,5-6,9H2,1-2H3,(H,18,21,22)/t12-/m0/s1. The lowest BCUT2D eigenvalue weighted by molar-refractivity contribution is -0.115. The number of hydrogen-bond acceptors (Lipinski definition) is 5. The Morgan fingerprint density at radius 1 is 1.39 bits per heavy atom. The Morgan fingerprint density at radius 2 is 2.17 bits per heavy atom. The lowest BCUT2D eigenvalue weighted by atomic mass is 10.1. The number of rotatable bonds is 3. The lowest BCUT2D eigenvalue weighted by Gasteiger charge is -2.23. The fraction of sp³-hybridized carbons (Fsp3) is 0.375. The van der Waals surface area contributed by atoms with E-state index in [1.165, 1.54) is 0 Å². The lowest BCUT2D eigenvalue weighted by Crippen LogP contribution is -2.31. The quantitative estimate of drug-likeness (QED) is 0.849. The van der Waals surface area contributed by atoms with E-state index >= 15 is 0 Å². The summed E-state index contributed by atoms with van der Waals surface area (Å²) >= 11 is 7.05. The number of benzene rings is 1. The molecule has 5 nitrogen and oxygen atoms in total. The van der Waals surface area contributed by atoms with Crippen LogP contribution < -0.4 is 10.2 Å². The summed E-state index contributed by atoms with van der Waals surface area (Å²) in [5, 5.41) is 2.55. The number of imide groups is 1. The van der Waals surface area contributed by atoms with Crippen LogP contribution in [0.2, 0.25) is 5.02 Å². The Labute approximate surface area is 144 Å². The highest BCUT2D eigenvalue weighted by atomic mass is 35.5. The number of nitrogens with one attached hydrogen (secondary N) is 1. The van der Waals surface area contributed by atoms with Crippen LogP contribution in [0, 0.1) is 0 Å². The largest absolute Gasteiger partial charge is 0.369 e. The van der Waals surface area contributed by atoms with Crippen molar-refractivity contribution >= 4 is 46.3 Å². The van der Waals surface area contributed by atoms with Gasteiger partial charge in [0.1, 0.15) is 0 Å². The van der Waals surface area contributed by atoms with E-state index in [4.69, 9.17) is 11.6 Å². The molecule has 0 unspecified atom stereocenters. The number of carbonyl (C=O) groups excluding carboxylic acids is 2. The smallest absolute Gasteiger partial charge is 0.290 e. The van der Waals surface area contributed by atoms with Gasteiger partial charge < -0.3 is 9.80 Å². The first-order chi connectivity index (χ1) is 10.9. The molecular weight excluding hydrogens is 334 g/mol. The van der Waals surface area contributed by atoms with Crippen LogP contribution in [-0.2, 0) is 4.79 Å². The van der Waals surface area contributed by atoms with Crippen molar-refractivity contribution < 1.29 is 9.59 Å². The van der Waals surface area contributed by atoms with Crippen molar-refractivity contribution in [1.82, 2.24) is 10.2 Å². The summed E-state index contributed by atoms with van der Waals surface area (Å²) in [5.74, 6) is -0.349. The van der Waals surface area contributed by atoms with E-state index in [-0.39, 0.29) is 11.1 Å². The highest BCUT2D eigenvalue weighted by Gasteiger charge is 2.28. The molecule has 2 saturated heterocycles. The molecule has 1 aromatic rings. The molecule has 2 aliphatic rings. The highest BCUT2D eigenvalue weighted by molar-refractivity contribution is 8.18. The third-order valence-corrected chi connectivity index (χ3v) is 5.20. The summed E-state index contributed by atoms with van der Waals surface area (Å²) in [6.07, 6.45) is 2.84. The monoisotopic (exact) mass is 351 g/mol. The first kappa shape index (κ1) is 16.4. The van der Waals surface area contributed by atoms with Gasteiger partial charge in [-0.3, -0.25) is 14.9 Å². The van der Waals surface area contributed by atoms with Gasteiger partial charge in [0, 0.05) is 35.4 Å². The zero-order valence-electron chi connectivity index (χ0n) is 13.0. The second-order valence-electron chi connectivity index (χ2n) is 5.91. The Morgan fingerprint density at radius 3 is 2.78 bits per heavy atom. The molecule has 23 heavy (non-hydrogen) atoms.